The molecule has 162 valence electrons. The normalized spacial score (nSPS) is 15.4. The number of carbonyl (C=O) groups is 1. The minimum absolute atomic E-state index is 0.137. The second kappa shape index (κ2) is 9.55. The van der Waals surface area contributed by atoms with Gasteiger partial charge in [-0.3, -0.25) is 9.69 Å². The number of hydrogen-bond donors (Lipinski definition) is 0. The molecule has 0 aromatic heterocycles. The number of amides is 1. The van der Waals surface area contributed by atoms with Crippen LogP contribution < -0.4 is 4.31 Å². The van der Waals surface area contributed by atoms with Gasteiger partial charge in [0.2, 0.25) is 5.91 Å². The number of halogens is 1. The lowest BCUT2D eigenvalue weighted by Crippen LogP contribution is -2.52. The van der Waals surface area contributed by atoms with Crippen molar-refractivity contribution in [2.45, 2.75) is 6.54 Å². The number of piperazine rings is 1. The average Bonchev–Trinajstić information content (AvgIpc) is 2.73. The Morgan fingerprint density at radius 2 is 1.57 bits per heavy atom. The quantitative estimate of drug-likeness (QED) is 0.667. The van der Waals surface area contributed by atoms with Crippen molar-refractivity contribution in [2.24, 2.45) is 0 Å². The van der Waals surface area contributed by atoms with Crippen molar-refractivity contribution in [1.82, 2.24) is 14.1 Å². The van der Waals surface area contributed by atoms with Gasteiger partial charge in [-0.1, -0.05) is 42.5 Å². The zero-order chi connectivity index (χ0) is 21.7. The van der Waals surface area contributed by atoms with Gasteiger partial charge in [-0.15, -0.1) is 0 Å². The molecule has 0 unspecified atom stereocenters. The highest BCUT2D eigenvalue weighted by molar-refractivity contribution is 7.90. The highest BCUT2D eigenvalue weighted by Crippen LogP contribution is 2.23. The lowest BCUT2D eigenvalue weighted by molar-refractivity contribution is -0.131. The summed E-state index contributed by atoms with van der Waals surface area (Å²) < 4.78 is 41.7. The van der Waals surface area contributed by atoms with E-state index in [0.29, 0.717) is 26.2 Å². The molecule has 3 rings (SSSR count). The van der Waals surface area contributed by atoms with Crippen molar-refractivity contribution >= 4 is 21.8 Å². The molecular formula is C21H27FN4O3S. The zero-order valence-electron chi connectivity index (χ0n) is 17.2. The van der Waals surface area contributed by atoms with E-state index in [-0.39, 0.29) is 11.6 Å². The molecule has 0 radical (unpaired) electrons. The molecular weight excluding hydrogens is 407 g/mol. The summed E-state index contributed by atoms with van der Waals surface area (Å²) in [5, 5.41) is 0. The number of rotatable bonds is 7. The maximum absolute atomic E-state index is 14.3. The van der Waals surface area contributed by atoms with Crippen LogP contribution in [0.5, 0.6) is 0 Å². The average molecular weight is 435 g/mol. The van der Waals surface area contributed by atoms with Crippen LogP contribution in [0.3, 0.4) is 0 Å². The van der Waals surface area contributed by atoms with Gasteiger partial charge in [0.1, 0.15) is 12.4 Å². The van der Waals surface area contributed by atoms with Crippen LogP contribution in [-0.2, 0) is 21.5 Å². The Labute approximate surface area is 177 Å². The van der Waals surface area contributed by atoms with Crippen molar-refractivity contribution in [1.29, 1.82) is 0 Å². The van der Waals surface area contributed by atoms with Gasteiger partial charge in [0.25, 0.3) is 0 Å². The first-order chi connectivity index (χ1) is 14.3. The Balaban J connectivity index is 1.67. The molecule has 0 aliphatic carbocycles. The summed E-state index contributed by atoms with van der Waals surface area (Å²) in [6, 6.07) is 15.7. The van der Waals surface area contributed by atoms with Gasteiger partial charge < -0.3 is 4.90 Å². The lowest BCUT2D eigenvalue weighted by atomic mass is 10.2. The lowest BCUT2D eigenvalue weighted by Gasteiger charge is -2.36. The van der Waals surface area contributed by atoms with Crippen molar-refractivity contribution in [3.8, 4) is 0 Å². The number of nitrogens with zero attached hydrogens (tertiary/aromatic N) is 4. The molecule has 0 spiro atoms. The van der Waals surface area contributed by atoms with Gasteiger partial charge in [0.15, 0.2) is 0 Å². The first-order valence-corrected chi connectivity index (χ1v) is 11.2. The van der Waals surface area contributed by atoms with Gasteiger partial charge in [-0.2, -0.15) is 12.7 Å². The number of carbonyl (C=O) groups excluding carboxylic acids is 1. The Morgan fingerprint density at radius 1 is 0.967 bits per heavy atom. The minimum atomic E-state index is -4.03. The topological polar surface area (TPSA) is 64.2 Å². The molecule has 0 saturated carbocycles. The maximum atomic E-state index is 14.3. The van der Waals surface area contributed by atoms with Crippen LogP contribution >= 0.6 is 0 Å². The molecule has 30 heavy (non-hydrogen) atoms. The van der Waals surface area contributed by atoms with Gasteiger partial charge >= 0.3 is 10.2 Å². The fourth-order valence-corrected chi connectivity index (χ4v) is 4.43. The van der Waals surface area contributed by atoms with E-state index in [1.807, 2.05) is 18.2 Å². The third-order valence-electron chi connectivity index (χ3n) is 5.11. The van der Waals surface area contributed by atoms with E-state index in [1.165, 1.54) is 37.9 Å². The van der Waals surface area contributed by atoms with Gasteiger partial charge in [-0.05, 0) is 17.7 Å². The molecule has 1 heterocycles. The first-order valence-electron chi connectivity index (χ1n) is 9.78. The molecule has 1 aliphatic rings. The number of para-hydroxylation sites is 1. The Hall–Kier alpha value is -2.49. The van der Waals surface area contributed by atoms with Gasteiger partial charge in [0.05, 0.1) is 5.69 Å². The molecule has 1 saturated heterocycles. The van der Waals surface area contributed by atoms with E-state index in [2.05, 4.69) is 17.0 Å². The van der Waals surface area contributed by atoms with E-state index in [0.717, 1.165) is 15.2 Å². The second-order valence-electron chi connectivity index (χ2n) is 7.39. The van der Waals surface area contributed by atoms with E-state index in [9.17, 15) is 17.6 Å². The zero-order valence-corrected chi connectivity index (χ0v) is 18.1. The molecule has 1 amide bonds. The summed E-state index contributed by atoms with van der Waals surface area (Å²) in [7, 11) is -1.32. The fourth-order valence-electron chi connectivity index (χ4n) is 3.36. The summed E-state index contributed by atoms with van der Waals surface area (Å²) in [6.45, 7) is 2.75. The third kappa shape index (κ3) is 5.16. The van der Waals surface area contributed by atoms with Crippen molar-refractivity contribution in [3.05, 3.63) is 66.0 Å². The smallest absolute Gasteiger partial charge is 0.304 e. The predicted octanol–water partition coefficient (Wildman–Crippen LogP) is 1.78. The third-order valence-corrected chi connectivity index (χ3v) is 6.92. The predicted molar refractivity (Wildman–Crippen MR) is 115 cm³/mol. The molecule has 1 fully saturated rings. The molecule has 0 bridgehead atoms. The van der Waals surface area contributed by atoms with Crippen molar-refractivity contribution in [3.63, 3.8) is 0 Å². The minimum Gasteiger partial charge on any atom is -0.339 e. The number of hydrogen-bond acceptors (Lipinski definition) is 4. The van der Waals surface area contributed by atoms with E-state index in [4.69, 9.17) is 0 Å². The van der Waals surface area contributed by atoms with Crippen molar-refractivity contribution in [2.75, 3.05) is 51.1 Å². The van der Waals surface area contributed by atoms with Crippen LogP contribution in [0, 0.1) is 5.82 Å². The maximum Gasteiger partial charge on any atom is 0.304 e. The van der Waals surface area contributed by atoms with Crippen LogP contribution in [0.1, 0.15) is 5.56 Å². The monoisotopic (exact) mass is 434 g/mol. The summed E-state index contributed by atoms with van der Waals surface area (Å²) in [5.41, 5.74) is 1.07. The van der Waals surface area contributed by atoms with Gasteiger partial charge in [-0.25, -0.2) is 8.70 Å². The summed E-state index contributed by atoms with van der Waals surface area (Å²) in [6.07, 6.45) is 0. The van der Waals surface area contributed by atoms with E-state index in [1.54, 1.807) is 11.0 Å². The fraction of sp³-hybridized carbons (Fsp3) is 0.381. The van der Waals surface area contributed by atoms with Crippen molar-refractivity contribution < 1.29 is 17.6 Å². The molecule has 2 aromatic rings. The molecule has 7 nitrogen and oxygen atoms in total. The second-order valence-corrected chi connectivity index (χ2v) is 9.46. The van der Waals surface area contributed by atoms with Crippen LogP contribution in [0.25, 0.3) is 0 Å². The number of benzene rings is 2. The molecule has 0 N–H and O–H groups in total. The molecule has 2 aromatic carbocycles. The standard InChI is InChI=1S/C21H27FN4O3S/c1-23(2)30(28,29)26(20-11-7-6-10-19(20)22)17-21(27)25-14-12-24(13-15-25)16-18-8-4-3-5-9-18/h3-11H,12-17H2,1-2H3. The highest BCUT2D eigenvalue weighted by Gasteiger charge is 2.31. The van der Waals surface area contributed by atoms with E-state index < -0.39 is 22.6 Å². The molecule has 1 aliphatic heterocycles. The Bertz CT molecular complexity index is 961. The number of anilines is 1. The van der Waals surface area contributed by atoms with Crippen LogP contribution in [0.15, 0.2) is 54.6 Å². The molecule has 9 heteroatoms. The summed E-state index contributed by atoms with van der Waals surface area (Å²) in [4.78, 5) is 16.8. The van der Waals surface area contributed by atoms with Crippen LogP contribution in [0.4, 0.5) is 10.1 Å². The Morgan fingerprint density at radius 3 is 2.17 bits per heavy atom. The first kappa shape index (κ1) is 22.2. The van der Waals surface area contributed by atoms with Crippen LogP contribution in [0.2, 0.25) is 0 Å². The summed E-state index contributed by atoms with van der Waals surface area (Å²) >= 11 is 0. The largest absolute Gasteiger partial charge is 0.339 e. The molecule has 0 atom stereocenters. The summed E-state index contributed by atoms with van der Waals surface area (Å²) in [5.74, 6) is -1.04. The van der Waals surface area contributed by atoms with Gasteiger partial charge in [0, 0.05) is 46.8 Å². The van der Waals surface area contributed by atoms with Crippen LogP contribution in [-0.4, -0.2) is 75.2 Å². The SMILES string of the molecule is CN(C)S(=O)(=O)N(CC(=O)N1CCN(Cc2ccccc2)CC1)c1ccccc1F. The van der Waals surface area contributed by atoms with E-state index >= 15 is 0 Å². The Kier molecular flexibility index (Phi) is 7.06. The highest BCUT2D eigenvalue weighted by atomic mass is 32.2.